The topological polar surface area (TPSA) is 29.5 Å². The average Bonchev–Trinajstić information content (AvgIpc) is 2.39. The Bertz CT molecular complexity index is 506. The molecule has 1 N–H and O–H groups in total. The van der Waals surface area contributed by atoms with Crippen LogP contribution in [-0.2, 0) is 6.42 Å². The van der Waals surface area contributed by atoms with Gasteiger partial charge in [0, 0.05) is 5.56 Å². The van der Waals surface area contributed by atoms with Crippen LogP contribution >= 0.6 is 0 Å². The van der Waals surface area contributed by atoms with Crippen LogP contribution < -0.4 is 4.74 Å². The number of phenolic OH excluding ortho intramolecular Hbond substituents is 1. The van der Waals surface area contributed by atoms with Crippen molar-refractivity contribution >= 4 is 0 Å². The summed E-state index contributed by atoms with van der Waals surface area (Å²) in [6, 6.07) is 3.76. The van der Waals surface area contributed by atoms with Gasteiger partial charge >= 0.3 is 0 Å². The molecule has 0 aliphatic rings. The number of aromatic hydroxyl groups is 1. The Labute approximate surface area is 122 Å². The minimum atomic E-state index is 0.374. The molecule has 2 nitrogen and oxygen atoms in total. The third kappa shape index (κ3) is 5.12. The van der Waals surface area contributed by atoms with Crippen molar-refractivity contribution < 1.29 is 9.84 Å². The molecule has 0 amide bonds. The van der Waals surface area contributed by atoms with Crippen molar-refractivity contribution in [2.75, 3.05) is 7.11 Å². The van der Waals surface area contributed by atoms with E-state index in [1.165, 1.54) is 11.1 Å². The number of ether oxygens (including phenoxy) is 1. The van der Waals surface area contributed by atoms with Crippen molar-refractivity contribution in [1.82, 2.24) is 0 Å². The van der Waals surface area contributed by atoms with Gasteiger partial charge in [0.2, 0.25) is 0 Å². The molecule has 0 aliphatic carbocycles. The lowest BCUT2D eigenvalue weighted by molar-refractivity contribution is 0.410. The molecular formula is C18H26O2. The first-order chi connectivity index (χ1) is 9.43. The minimum Gasteiger partial charge on any atom is -0.507 e. The predicted molar refractivity (Wildman–Crippen MR) is 85.5 cm³/mol. The molecule has 1 rings (SSSR count). The highest BCUT2D eigenvalue weighted by Crippen LogP contribution is 2.28. The molecule has 0 aromatic heterocycles. The summed E-state index contributed by atoms with van der Waals surface area (Å²) in [5, 5.41) is 10.1. The SMILES string of the molecule is COc1cc(C)c(O)c(CC=C(C)CCC=C(C)C)c1. The van der Waals surface area contributed by atoms with E-state index in [0.29, 0.717) is 5.75 Å². The van der Waals surface area contributed by atoms with Crippen LogP contribution in [0.5, 0.6) is 11.5 Å². The van der Waals surface area contributed by atoms with Crippen molar-refractivity contribution in [2.24, 2.45) is 0 Å². The van der Waals surface area contributed by atoms with Gasteiger partial charge in [-0.15, -0.1) is 0 Å². The number of benzene rings is 1. The molecule has 0 atom stereocenters. The van der Waals surface area contributed by atoms with Crippen LogP contribution in [0.2, 0.25) is 0 Å². The Kier molecular flexibility index (Phi) is 6.37. The van der Waals surface area contributed by atoms with Gasteiger partial charge in [-0.2, -0.15) is 0 Å². The lowest BCUT2D eigenvalue weighted by Gasteiger charge is -2.09. The number of hydrogen-bond donors (Lipinski definition) is 1. The summed E-state index contributed by atoms with van der Waals surface area (Å²) in [5.41, 5.74) is 4.49. The number of rotatable bonds is 6. The molecule has 110 valence electrons. The zero-order valence-electron chi connectivity index (χ0n) is 13.3. The molecule has 20 heavy (non-hydrogen) atoms. The van der Waals surface area contributed by atoms with Crippen LogP contribution in [0.3, 0.4) is 0 Å². The molecule has 0 spiro atoms. The molecular weight excluding hydrogens is 248 g/mol. The maximum Gasteiger partial charge on any atom is 0.122 e. The van der Waals surface area contributed by atoms with Gasteiger partial charge in [0.15, 0.2) is 0 Å². The van der Waals surface area contributed by atoms with Crippen molar-refractivity contribution in [2.45, 2.75) is 47.0 Å². The van der Waals surface area contributed by atoms with Crippen molar-refractivity contribution in [3.8, 4) is 11.5 Å². The zero-order chi connectivity index (χ0) is 15.1. The van der Waals surface area contributed by atoms with Crippen LogP contribution in [0, 0.1) is 6.92 Å². The Hall–Kier alpha value is -1.70. The number of methoxy groups -OCH3 is 1. The molecule has 0 radical (unpaired) electrons. The smallest absolute Gasteiger partial charge is 0.122 e. The van der Waals surface area contributed by atoms with E-state index >= 15 is 0 Å². The van der Waals surface area contributed by atoms with Crippen LogP contribution in [0.25, 0.3) is 0 Å². The van der Waals surface area contributed by atoms with Gasteiger partial charge in [0.05, 0.1) is 7.11 Å². The minimum absolute atomic E-state index is 0.374. The standard InChI is InChI=1S/C18H26O2/c1-13(2)7-6-8-14(3)9-10-16-12-17(20-5)11-15(4)18(16)19/h7,9,11-12,19H,6,8,10H2,1-5H3. The molecule has 2 heteroatoms. The van der Waals surface area contributed by atoms with E-state index < -0.39 is 0 Å². The van der Waals surface area contributed by atoms with Gasteiger partial charge in [-0.1, -0.05) is 23.3 Å². The summed E-state index contributed by atoms with van der Waals surface area (Å²) in [6.07, 6.45) is 7.32. The second-order valence-corrected chi connectivity index (χ2v) is 5.53. The van der Waals surface area contributed by atoms with E-state index in [-0.39, 0.29) is 0 Å². The van der Waals surface area contributed by atoms with E-state index in [2.05, 4.69) is 32.9 Å². The fourth-order valence-electron chi connectivity index (χ4n) is 2.06. The average molecular weight is 274 g/mol. The first kappa shape index (κ1) is 16.4. The third-order valence-corrected chi connectivity index (χ3v) is 3.35. The fourth-order valence-corrected chi connectivity index (χ4v) is 2.06. The summed E-state index contributed by atoms with van der Waals surface area (Å²) in [5.74, 6) is 1.17. The lowest BCUT2D eigenvalue weighted by Crippen LogP contribution is -1.91. The predicted octanol–water partition coefficient (Wildman–Crippen LogP) is 4.94. The van der Waals surface area contributed by atoms with Crippen molar-refractivity contribution in [1.29, 1.82) is 0 Å². The molecule has 0 saturated carbocycles. The second kappa shape index (κ2) is 7.78. The maximum atomic E-state index is 10.1. The van der Waals surface area contributed by atoms with Gasteiger partial charge in [0.1, 0.15) is 11.5 Å². The van der Waals surface area contributed by atoms with Gasteiger partial charge in [-0.3, -0.25) is 0 Å². The van der Waals surface area contributed by atoms with Gasteiger partial charge in [-0.05, 0) is 64.7 Å². The quantitative estimate of drug-likeness (QED) is 0.744. The monoisotopic (exact) mass is 274 g/mol. The Balaban J connectivity index is 2.73. The summed E-state index contributed by atoms with van der Waals surface area (Å²) >= 11 is 0. The first-order valence-electron chi connectivity index (χ1n) is 7.09. The lowest BCUT2D eigenvalue weighted by atomic mass is 10.0. The Morgan fingerprint density at radius 3 is 2.50 bits per heavy atom. The van der Waals surface area contributed by atoms with Gasteiger partial charge in [0.25, 0.3) is 0 Å². The Morgan fingerprint density at radius 2 is 1.90 bits per heavy atom. The number of phenols is 1. The van der Waals surface area contributed by atoms with E-state index in [4.69, 9.17) is 4.74 Å². The van der Waals surface area contributed by atoms with E-state index in [9.17, 15) is 5.11 Å². The zero-order valence-corrected chi connectivity index (χ0v) is 13.3. The molecule has 0 heterocycles. The summed E-state index contributed by atoms with van der Waals surface area (Å²) < 4.78 is 5.25. The van der Waals surface area contributed by atoms with Crippen molar-refractivity contribution in [3.63, 3.8) is 0 Å². The van der Waals surface area contributed by atoms with E-state index in [1.807, 2.05) is 19.1 Å². The summed E-state index contributed by atoms with van der Waals surface area (Å²) in [4.78, 5) is 0. The molecule has 1 aromatic rings. The first-order valence-corrected chi connectivity index (χ1v) is 7.09. The van der Waals surface area contributed by atoms with Crippen LogP contribution in [0.1, 0.15) is 44.7 Å². The molecule has 0 saturated heterocycles. The molecule has 1 aromatic carbocycles. The number of allylic oxidation sites excluding steroid dienone is 4. The largest absolute Gasteiger partial charge is 0.507 e. The molecule has 0 unspecified atom stereocenters. The van der Waals surface area contributed by atoms with Crippen LogP contribution in [0.15, 0.2) is 35.4 Å². The maximum absolute atomic E-state index is 10.1. The van der Waals surface area contributed by atoms with Crippen LogP contribution in [0.4, 0.5) is 0 Å². The Morgan fingerprint density at radius 1 is 1.20 bits per heavy atom. The fraction of sp³-hybridized carbons (Fsp3) is 0.444. The van der Waals surface area contributed by atoms with E-state index in [1.54, 1.807) is 7.11 Å². The molecule has 0 aliphatic heterocycles. The van der Waals surface area contributed by atoms with Crippen LogP contribution in [-0.4, -0.2) is 12.2 Å². The number of hydrogen-bond acceptors (Lipinski definition) is 2. The van der Waals surface area contributed by atoms with E-state index in [0.717, 1.165) is 36.1 Å². The highest BCUT2D eigenvalue weighted by molar-refractivity contribution is 5.46. The highest BCUT2D eigenvalue weighted by Gasteiger charge is 2.06. The number of aryl methyl sites for hydroxylation is 1. The second-order valence-electron chi connectivity index (χ2n) is 5.53. The molecule has 0 bridgehead atoms. The van der Waals surface area contributed by atoms with Crippen molar-refractivity contribution in [3.05, 3.63) is 46.6 Å². The summed E-state index contributed by atoms with van der Waals surface area (Å²) in [7, 11) is 1.65. The normalized spacial score (nSPS) is 11.3. The highest BCUT2D eigenvalue weighted by atomic mass is 16.5. The third-order valence-electron chi connectivity index (χ3n) is 3.35. The summed E-state index contributed by atoms with van der Waals surface area (Å²) in [6.45, 7) is 8.28. The molecule has 0 fully saturated rings. The van der Waals surface area contributed by atoms with Gasteiger partial charge in [-0.25, -0.2) is 0 Å². The van der Waals surface area contributed by atoms with Gasteiger partial charge < -0.3 is 9.84 Å².